The Morgan fingerprint density at radius 1 is 1.19 bits per heavy atom. The van der Waals surface area contributed by atoms with Crippen LogP contribution in [0.1, 0.15) is 31.2 Å². The number of hydrogen-bond donors (Lipinski definition) is 1. The maximum Gasteiger partial charge on any atom is 0.146 e. The highest BCUT2D eigenvalue weighted by Gasteiger charge is 2.25. The van der Waals surface area contributed by atoms with Gasteiger partial charge in [-0.25, -0.2) is 4.39 Å². The average molecular weight is 291 g/mol. The summed E-state index contributed by atoms with van der Waals surface area (Å²) in [6, 6.07) is 6.76. The first-order chi connectivity index (χ1) is 10.1. The monoisotopic (exact) mass is 291 g/mol. The molecule has 1 saturated carbocycles. The number of rotatable bonds is 5. The molecule has 3 rings (SSSR count). The molecule has 0 unspecified atom stereocenters. The lowest BCUT2D eigenvalue weighted by Gasteiger charge is -2.37. The Balaban J connectivity index is 1.71. The lowest BCUT2D eigenvalue weighted by Crippen LogP contribution is -2.42. The van der Waals surface area contributed by atoms with Crippen LogP contribution in [-0.2, 0) is 6.54 Å². The number of para-hydroxylation sites is 1. The molecule has 116 valence electrons. The minimum atomic E-state index is -0.0756. The normalized spacial score (nSPS) is 20.3. The van der Waals surface area contributed by atoms with Gasteiger partial charge in [-0.15, -0.1) is 0 Å². The van der Waals surface area contributed by atoms with Crippen LogP contribution in [-0.4, -0.2) is 44.2 Å². The minimum Gasteiger partial charge on any atom is -0.369 e. The number of nitrogens with zero attached hydrogens (tertiary/aromatic N) is 2. The van der Waals surface area contributed by atoms with E-state index < -0.39 is 0 Å². The van der Waals surface area contributed by atoms with E-state index in [0.29, 0.717) is 12.1 Å². The van der Waals surface area contributed by atoms with Crippen molar-refractivity contribution in [1.82, 2.24) is 10.2 Å². The second kappa shape index (κ2) is 6.32. The number of halogens is 1. The van der Waals surface area contributed by atoms with Crippen LogP contribution in [0.2, 0.25) is 0 Å². The Hall–Kier alpha value is -1.13. The Morgan fingerprint density at radius 3 is 2.52 bits per heavy atom. The molecule has 21 heavy (non-hydrogen) atoms. The summed E-state index contributed by atoms with van der Waals surface area (Å²) in [5.41, 5.74) is 1.92. The fourth-order valence-electron chi connectivity index (χ4n) is 3.20. The van der Waals surface area contributed by atoms with Crippen molar-refractivity contribution in [2.45, 2.75) is 44.3 Å². The zero-order chi connectivity index (χ0) is 14.8. The molecule has 1 aromatic carbocycles. The van der Waals surface area contributed by atoms with E-state index in [-0.39, 0.29) is 5.82 Å². The van der Waals surface area contributed by atoms with E-state index in [1.165, 1.54) is 12.8 Å². The molecule has 0 atom stereocenters. The zero-order valence-electron chi connectivity index (χ0n) is 13.1. The van der Waals surface area contributed by atoms with Crippen molar-refractivity contribution >= 4 is 5.69 Å². The summed E-state index contributed by atoms with van der Waals surface area (Å²) in [5, 5.41) is 3.51. The second-order valence-corrected chi connectivity index (χ2v) is 6.58. The van der Waals surface area contributed by atoms with Gasteiger partial charge in [0.2, 0.25) is 0 Å². The Bertz CT molecular complexity index is 477. The molecule has 1 heterocycles. The molecule has 0 radical (unpaired) electrons. The maximum absolute atomic E-state index is 14.4. The molecule has 2 fully saturated rings. The molecule has 1 aromatic rings. The molecule has 1 saturated heterocycles. The minimum absolute atomic E-state index is 0.0756. The van der Waals surface area contributed by atoms with E-state index in [1.807, 2.05) is 6.07 Å². The fourth-order valence-corrected chi connectivity index (χ4v) is 3.20. The highest BCUT2D eigenvalue weighted by Crippen LogP contribution is 2.29. The summed E-state index contributed by atoms with van der Waals surface area (Å²) in [7, 11) is 4.27. The van der Waals surface area contributed by atoms with Gasteiger partial charge in [-0.3, -0.25) is 0 Å². The lowest BCUT2D eigenvalue weighted by molar-refractivity contribution is 0.249. The van der Waals surface area contributed by atoms with E-state index in [4.69, 9.17) is 0 Å². The van der Waals surface area contributed by atoms with E-state index in [1.54, 1.807) is 6.07 Å². The van der Waals surface area contributed by atoms with Crippen LogP contribution in [0.25, 0.3) is 0 Å². The Labute approximate surface area is 127 Å². The maximum atomic E-state index is 14.4. The standard InChI is InChI=1S/C17H26FN3/c1-20(2)15-8-10-21(11-9-15)17-13(4-3-5-16(17)18)12-19-14-6-7-14/h3-5,14-15,19H,6-12H2,1-2H3. The molecular formula is C17H26FN3. The van der Waals surface area contributed by atoms with Crippen molar-refractivity contribution in [2.75, 3.05) is 32.1 Å². The van der Waals surface area contributed by atoms with Crippen LogP contribution in [0.4, 0.5) is 10.1 Å². The quantitative estimate of drug-likeness (QED) is 0.899. The molecule has 0 aromatic heterocycles. The van der Waals surface area contributed by atoms with Gasteiger partial charge < -0.3 is 15.1 Å². The van der Waals surface area contributed by atoms with Crippen molar-refractivity contribution in [1.29, 1.82) is 0 Å². The molecule has 0 amide bonds. The third-order valence-electron chi connectivity index (χ3n) is 4.74. The first-order valence-corrected chi connectivity index (χ1v) is 8.07. The van der Waals surface area contributed by atoms with Gasteiger partial charge in [0, 0.05) is 31.7 Å². The van der Waals surface area contributed by atoms with Gasteiger partial charge in [-0.2, -0.15) is 0 Å². The largest absolute Gasteiger partial charge is 0.369 e. The van der Waals surface area contributed by atoms with Crippen molar-refractivity contribution in [3.63, 3.8) is 0 Å². The van der Waals surface area contributed by atoms with Crippen LogP contribution in [0.15, 0.2) is 18.2 Å². The van der Waals surface area contributed by atoms with E-state index in [9.17, 15) is 4.39 Å². The lowest BCUT2D eigenvalue weighted by atomic mass is 10.0. The van der Waals surface area contributed by atoms with Gasteiger partial charge in [0.05, 0.1) is 5.69 Å². The third kappa shape index (κ3) is 3.55. The number of piperidine rings is 1. The number of anilines is 1. The van der Waals surface area contributed by atoms with Gasteiger partial charge >= 0.3 is 0 Å². The zero-order valence-corrected chi connectivity index (χ0v) is 13.1. The average Bonchev–Trinajstić information content (AvgIpc) is 3.29. The SMILES string of the molecule is CN(C)C1CCN(c2c(F)cccc2CNC2CC2)CC1. The predicted molar refractivity (Wildman–Crippen MR) is 85.2 cm³/mol. The van der Waals surface area contributed by atoms with Crippen molar-refractivity contribution in [3.8, 4) is 0 Å². The van der Waals surface area contributed by atoms with Gasteiger partial charge in [-0.1, -0.05) is 12.1 Å². The molecule has 0 spiro atoms. The highest BCUT2D eigenvalue weighted by atomic mass is 19.1. The van der Waals surface area contributed by atoms with Crippen molar-refractivity contribution in [3.05, 3.63) is 29.6 Å². The summed E-state index contributed by atoms with van der Waals surface area (Å²) < 4.78 is 14.4. The van der Waals surface area contributed by atoms with Gasteiger partial charge in [-0.05, 0) is 51.4 Å². The summed E-state index contributed by atoms with van der Waals surface area (Å²) >= 11 is 0. The van der Waals surface area contributed by atoms with E-state index in [0.717, 1.165) is 43.7 Å². The molecule has 1 aliphatic heterocycles. The molecule has 4 heteroatoms. The van der Waals surface area contributed by atoms with Crippen LogP contribution >= 0.6 is 0 Å². The number of benzene rings is 1. The second-order valence-electron chi connectivity index (χ2n) is 6.58. The van der Waals surface area contributed by atoms with Crippen LogP contribution in [0.3, 0.4) is 0 Å². The van der Waals surface area contributed by atoms with Crippen LogP contribution < -0.4 is 10.2 Å². The Kier molecular flexibility index (Phi) is 4.45. The number of hydrogen-bond acceptors (Lipinski definition) is 3. The summed E-state index contributed by atoms with van der Waals surface area (Å²) in [4.78, 5) is 4.52. The topological polar surface area (TPSA) is 18.5 Å². The van der Waals surface area contributed by atoms with Gasteiger partial charge in [0.25, 0.3) is 0 Å². The van der Waals surface area contributed by atoms with E-state index in [2.05, 4.69) is 35.3 Å². The molecule has 2 aliphatic rings. The first-order valence-electron chi connectivity index (χ1n) is 8.07. The third-order valence-corrected chi connectivity index (χ3v) is 4.74. The molecule has 1 N–H and O–H groups in total. The molecule has 3 nitrogen and oxygen atoms in total. The van der Waals surface area contributed by atoms with Crippen molar-refractivity contribution < 1.29 is 4.39 Å². The molecule has 0 bridgehead atoms. The highest BCUT2D eigenvalue weighted by molar-refractivity contribution is 5.55. The fraction of sp³-hybridized carbons (Fsp3) is 0.647. The number of nitrogens with one attached hydrogen (secondary N) is 1. The summed E-state index contributed by atoms with van der Waals surface area (Å²) in [6.07, 6.45) is 4.74. The first kappa shape index (κ1) is 14.8. The van der Waals surface area contributed by atoms with Crippen LogP contribution in [0.5, 0.6) is 0 Å². The molecular weight excluding hydrogens is 265 g/mol. The van der Waals surface area contributed by atoms with Gasteiger partial charge in [0.15, 0.2) is 0 Å². The summed E-state index contributed by atoms with van der Waals surface area (Å²) in [6.45, 7) is 2.67. The predicted octanol–water partition coefficient (Wildman–Crippen LogP) is 2.61. The smallest absolute Gasteiger partial charge is 0.146 e. The van der Waals surface area contributed by atoms with Crippen LogP contribution in [0, 0.1) is 5.82 Å². The Morgan fingerprint density at radius 2 is 1.90 bits per heavy atom. The summed E-state index contributed by atoms with van der Waals surface area (Å²) in [5.74, 6) is -0.0756. The van der Waals surface area contributed by atoms with E-state index >= 15 is 0 Å². The van der Waals surface area contributed by atoms with Gasteiger partial charge in [0.1, 0.15) is 5.82 Å². The van der Waals surface area contributed by atoms with Crippen molar-refractivity contribution in [2.24, 2.45) is 0 Å². The molecule has 1 aliphatic carbocycles.